The Balaban J connectivity index is 2.50. The summed E-state index contributed by atoms with van der Waals surface area (Å²) >= 11 is 5.27. The minimum atomic E-state index is 0.161. The number of aromatic nitrogens is 2. The van der Waals surface area contributed by atoms with E-state index in [0.29, 0.717) is 4.64 Å². The highest BCUT2D eigenvalue weighted by Crippen LogP contribution is 2.25. The van der Waals surface area contributed by atoms with Gasteiger partial charge < -0.3 is 9.72 Å². The molecule has 1 aromatic heterocycles. The van der Waals surface area contributed by atoms with Gasteiger partial charge in [0, 0.05) is 11.1 Å². The smallest absolute Gasteiger partial charge is 0.133 e. The van der Waals surface area contributed by atoms with Crippen molar-refractivity contribution in [2.75, 3.05) is 0 Å². The van der Waals surface area contributed by atoms with Crippen molar-refractivity contribution in [3.05, 3.63) is 40.3 Å². The minimum Gasteiger partial charge on any atom is -0.491 e. The van der Waals surface area contributed by atoms with E-state index in [1.165, 1.54) is 0 Å². The molecule has 4 heteroatoms. The molecular formula is C15H18N2OS. The number of benzene rings is 1. The maximum atomic E-state index is 5.72. The Labute approximate surface area is 118 Å². The summed E-state index contributed by atoms with van der Waals surface area (Å²) in [5, 5.41) is 0. The highest BCUT2D eigenvalue weighted by Gasteiger charge is 2.07. The van der Waals surface area contributed by atoms with Crippen molar-refractivity contribution in [3.63, 3.8) is 0 Å². The van der Waals surface area contributed by atoms with Crippen LogP contribution in [-0.4, -0.2) is 16.1 Å². The second-order valence-corrected chi connectivity index (χ2v) is 5.21. The number of rotatable bonds is 3. The standard InChI is InChI=1S/C15H18N2OS/c1-9(2)18-13-7-5-6-12(8-13)14-10(3)15(19)17-11(4)16-14/h5-9H,1-4H3,(H,16,17,19). The van der Waals surface area contributed by atoms with E-state index in [2.05, 4.69) is 9.97 Å². The van der Waals surface area contributed by atoms with Crippen molar-refractivity contribution < 1.29 is 4.74 Å². The zero-order chi connectivity index (χ0) is 14.0. The lowest BCUT2D eigenvalue weighted by molar-refractivity contribution is 0.242. The number of ether oxygens (including phenoxy) is 1. The Bertz CT molecular complexity index is 647. The van der Waals surface area contributed by atoms with E-state index in [1.54, 1.807) is 0 Å². The molecule has 0 amide bonds. The van der Waals surface area contributed by atoms with Crippen molar-refractivity contribution in [1.29, 1.82) is 0 Å². The van der Waals surface area contributed by atoms with Gasteiger partial charge in [-0.1, -0.05) is 24.4 Å². The third kappa shape index (κ3) is 3.20. The average molecular weight is 274 g/mol. The van der Waals surface area contributed by atoms with Crippen LogP contribution in [0, 0.1) is 18.5 Å². The van der Waals surface area contributed by atoms with Crippen LogP contribution < -0.4 is 4.74 Å². The highest BCUT2D eigenvalue weighted by molar-refractivity contribution is 7.71. The number of hydrogen-bond donors (Lipinski definition) is 1. The van der Waals surface area contributed by atoms with Gasteiger partial charge in [-0.15, -0.1) is 0 Å². The molecule has 0 aliphatic carbocycles. The Morgan fingerprint density at radius 1 is 1.26 bits per heavy atom. The zero-order valence-corrected chi connectivity index (χ0v) is 12.5. The normalized spacial score (nSPS) is 10.8. The van der Waals surface area contributed by atoms with E-state index in [4.69, 9.17) is 17.0 Å². The van der Waals surface area contributed by atoms with Gasteiger partial charge in [-0.2, -0.15) is 0 Å². The monoisotopic (exact) mass is 274 g/mol. The van der Waals surface area contributed by atoms with E-state index in [9.17, 15) is 0 Å². The molecule has 0 atom stereocenters. The molecule has 3 nitrogen and oxygen atoms in total. The van der Waals surface area contributed by atoms with Crippen molar-refractivity contribution in [3.8, 4) is 17.0 Å². The van der Waals surface area contributed by atoms with Gasteiger partial charge in [0.15, 0.2) is 0 Å². The van der Waals surface area contributed by atoms with Gasteiger partial charge in [0.05, 0.1) is 11.8 Å². The molecule has 0 unspecified atom stereocenters. The summed E-state index contributed by atoms with van der Waals surface area (Å²) in [5.41, 5.74) is 3.06. The molecule has 0 bridgehead atoms. The van der Waals surface area contributed by atoms with Gasteiger partial charge in [-0.3, -0.25) is 0 Å². The third-order valence-corrected chi connectivity index (χ3v) is 3.16. The molecule has 2 aromatic rings. The zero-order valence-electron chi connectivity index (χ0n) is 11.7. The second-order valence-electron chi connectivity index (χ2n) is 4.82. The number of aryl methyl sites for hydroxylation is 1. The van der Waals surface area contributed by atoms with Crippen LogP contribution in [0.15, 0.2) is 24.3 Å². The summed E-state index contributed by atoms with van der Waals surface area (Å²) in [6.07, 6.45) is 0.161. The molecule has 1 N–H and O–H groups in total. The van der Waals surface area contributed by atoms with Gasteiger partial charge in [0.2, 0.25) is 0 Å². The summed E-state index contributed by atoms with van der Waals surface area (Å²) in [6.45, 7) is 7.92. The van der Waals surface area contributed by atoms with Crippen LogP contribution in [-0.2, 0) is 0 Å². The first-order valence-corrected chi connectivity index (χ1v) is 6.73. The van der Waals surface area contributed by atoms with Crippen LogP contribution in [0.4, 0.5) is 0 Å². The molecule has 0 aliphatic rings. The van der Waals surface area contributed by atoms with Gasteiger partial charge in [0.1, 0.15) is 16.2 Å². The number of H-pyrrole nitrogens is 1. The molecule has 2 rings (SSSR count). The number of nitrogens with one attached hydrogen (secondary N) is 1. The predicted molar refractivity (Wildman–Crippen MR) is 80.1 cm³/mol. The lowest BCUT2D eigenvalue weighted by atomic mass is 10.1. The van der Waals surface area contributed by atoms with Crippen molar-refractivity contribution in [2.45, 2.75) is 33.8 Å². The first kappa shape index (κ1) is 13.7. The summed E-state index contributed by atoms with van der Waals surface area (Å²) < 4.78 is 6.36. The quantitative estimate of drug-likeness (QED) is 0.852. The number of aromatic amines is 1. The lowest BCUT2D eigenvalue weighted by Gasteiger charge is -2.12. The van der Waals surface area contributed by atoms with Crippen molar-refractivity contribution in [1.82, 2.24) is 9.97 Å². The minimum absolute atomic E-state index is 0.161. The third-order valence-electron chi connectivity index (χ3n) is 2.77. The lowest BCUT2D eigenvalue weighted by Crippen LogP contribution is -2.05. The molecule has 0 fully saturated rings. The Morgan fingerprint density at radius 3 is 2.68 bits per heavy atom. The Kier molecular flexibility index (Phi) is 4.00. The molecule has 1 aromatic carbocycles. The first-order chi connectivity index (χ1) is 8.97. The molecule has 1 heterocycles. The van der Waals surface area contributed by atoms with Crippen molar-refractivity contribution in [2.24, 2.45) is 0 Å². The van der Waals surface area contributed by atoms with E-state index in [1.807, 2.05) is 52.0 Å². The molecular weight excluding hydrogens is 256 g/mol. The van der Waals surface area contributed by atoms with E-state index in [0.717, 1.165) is 28.4 Å². The summed E-state index contributed by atoms with van der Waals surface area (Å²) in [6, 6.07) is 8.01. The predicted octanol–water partition coefficient (Wildman–Crippen LogP) is 4.21. The van der Waals surface area contributed by atoms with Crippen LogP contribution in [0.3, 0.4) is 0 Å². The van der Waals surface area contributed by atoms with E-state index < -0.39 is 0 Å². The van der Waals surface area contributed by atoms with E-state index >= 15 is 0 Å². The maximum absolute atomic E-state index is 5.72. The second kappa shape index (κ2) is 5.53. The van der Waals surface area contributed by atoms with Gasteiger partial charge >= 0.3 is 0 Å². The molecule has 0 spiro atoms. The first-order valence-electron chi connectivity index (χ1n) is 6.32. The average Bonchev–Trinajstić information content (AvgIpc) is 2.33. The topological polar surface area (TPSA) is 37.9 Å². The van der Waals surface area contributed by atoms with Gasteiger partial charge in [0.25, 0.3) is 0 Å². The molecule has 0 saturated heterocycles. The van der Waals surface area contributed by atoms with Crippen LogP contribution in [0.25, 0.3) is 11.3 Å². The number of hydrogen-bond acceptors (Lipinski definition) is 3. The maximum Gasteiger partial charge on any atom is 0.133 e. The van der Waals surface area contributed by atoms with Crippen molar-refractivity contribution >= 4 is 12.2 Å². The van der Waals surface area contributed by atoms with Crippen LogP contribution in [0.1, 0.15) is 25.2 Å². The fraction of sp³-hybridized carbons (Fsp3) is 0.333. The van der Waals surface area contributed by atoms with Crippen LogP contribution in [0.2, 0.25) is 0 Å². The van der Waals surface area contributed by atoms with Crippen LogP contribution >= 0.6 is 12.2 Å². The molecule has 0 saturated carbocycles. The molecule has 100 valence electrons. The summed E-state index contributed by atoms with van der Waals surface area (Å²) in [7, 11) is 0. The van der Waals surface area contributed by atoms with Gasteiger partial charge in [-0.25, -0.2) is 4.98 Å². The largest absolute Gasteiger partial charge is 0.491 e. The SMILES string of the molecule is Cc1nc(=S)c(C)c(-c2cccc(OC(C)C)c2)[nH]1. The fourth-order valence-corrected chi connectivity index (χ4v) is 2.17. The highest BCUT2D eigenvalue weighted by atomic mass is 32.1. The Morgan fingerprint density at radius 2 is 2.00 bits per heavy atom. The number of nitrogens with zero attached hydrogens (tertiary/aromatic N) is 1. The fourth-order valence-electron chi connectivity index (χ4n) is 1.93. The van der Waals surface area contributed by atoms with Gasteiger partial charge in [-0.05, 0) is 39.8 Å². The Hall–Kier alpha value is -1.68. The van der Waals surface area contributed by atoms with E-state index in [-0.39, 0.29) is 6.10 Å². The van der Waals surface area contributed by atoms with Crippen LogP contribution in [0.5, 0.6) is 5.75 Å². The summed E-state index contributed by atoms with van der Waals surface area (Å²) in [5.74, 6) is 1.68. The summed E-state index contributed by atoms with van der Waals surface area (Å²) in [4.78, 5) is 7.54. The molecule has 19 heavy (non-hydrogen) atoms. The molecule has 0 aliphatic heterocycles. The molecule has 0 radical (unpaired) electrons.